The third-order valence-corrected chi connectivity index (χ3v) is 6.65. The van der Waals surface area contributed by atoms with E-state index in [1.54, 1.807) is 48.5 Å². The molecule has 0 heterocycles. The van der Waals surface area contributed by atoms with Crippen LogP contribution in [0.4, 0.5) is 5.69 Å². The van der Waals surface area contributed by atoms with Crippen molar-refractivity contribution < 1.29 is 22.8 Å². The van der Waals surface area contributed by atoms with Crippen LogP contribution in [0.5, 0.6) is 0 Å². The fourth-order valence-corrected chi connectivity index (χ4v) is 4.25. The van der Waals surface area contributed by atoms with Gasteiger partial charge in [0.15, 0.2) is 5.78 Å². The van der Waals surface area contributed by atoms with Gasteiger partial charge in [0.05, 0.1) is 12.1 Å². The summed E-state index contributed by atoms with van der Waals surface area (Å²) in [5.41, 5.74) is 1.40. The molecule has 0 unspecified atom stereocenters. The van der Waals surface area contributed by atoms with E-state index in [4.69, 9.17) is 16.4 Å². The second kappa shape index (κ2) is 9.40. The highest BCUT2D eigenvalue weighted by Crippen LogP contribution is 2.26. The molecule has 0 saturated carbocycles. The zero-order valence-corrected chi connectivity index (χ0v) is 18.3. The first-order valence-corrected chi connectivity index (χ1v) is 10.9. The number of benzene rings is 3. The smallest absolute Gasteiger partial charge is 0.266 e. The number of ketones is 1. The molecule has 7 nitrogen and oxygen atoms in total. The maximum absolute atomic E-state index is 12.7. The van der Waals surface area contributed by atoms with Crippen molar-refractivity contribution in [1.29, 1.82) is 0 Å². The highest BCUT2D eigenvalue weighted by molar-refractivity contribution is 7.89. The third-order valence-electron chi connectivity index (χ3n) is 4.49. The van der Waals surface area contributed by atoms with Gasteiger partial charge in [-0.3, -0.25) is 14.4 Å². The van der Waals surface area contributed by atoms with E-state index in [1.165, 1.54) is 32.4 Å². The number of rotatable bonds is 7. The lowest BCUT2D eigenvalue weighted by Gasteiger charge is -2.16. The van der Waals surface area contributed by atoms with E-state index in [-0.39, 0.29) is 21.3 Å². The molecule has 9 heteroatoms. The highest BCUT2D eigenvalue weighted by atomic mass is 35.5. The van der Waals surface area contributed by atoms with Crippen molar-refractivity contribution in [2.45, 2.75) is 4.90 Å². The summed E-state index contributed by atoms with van der Waals surface area (Å²) in [5.74, 6) is -0.739. The Balaban J connectivity index is 1.86. The highest BCUT2D eigenvalue weighted by Gasteiger charge is 2.25. The van der Waals surface area contributed by atoms with Gasteiger partial charge in [-0.15, -0.1) is 0 Å². The molecule has 0 saturated heterocycles. The maximum Gasteiger partial charge on any atom is 0.266 e. The average molecular weight is 459 g/mol. The van der Waals surface area contributed by atoms with Crippen LogP contribution in [0.1, 0.15) is 26.3 Å². The summed E-state index contributed by atoms with van der Waals surface area (Å²) in [6, 6.07) is 19.2. The van der Waals surface area contributed by atoms with Crippen LogP contribution in [0, 0.1) is 0 Å². The van der Waals surface area contributed by atoms with Crippen molar-refractivity contribution in [3.05, 3.63) is 94.5 Å². The van der Waals surface area contributed by atoms with Crippen LogP contribution in [-0.4, -0.2) is 38.7 Å². The second-order valence-corrected chi connectivity index (χ2v) is 8.78. The van der Waals surface area contributed by atoms with E-state index < -0.39 is 15.9 Å². The van der Waals surface area contributed by atoms with Gasteiger partial charge in [0.25, 0.3) is 15.9 Å². The van der Waals surface area contributed by atoms with Gasteiger partial charge in [-0.2, -0.15) is 0 Å². The molecule has 1 N–H and O–H groups in total. The SMILES string of the molecule is CON(C)S(=O)(=O)c1cc(C(=O)Nc2cccc(C(=O)c3ccccc3)c2)ccc1Cl. The van der Waals surface area contributed by atoms with Crippen molar-refractivity contribution in [2.24, 2.45) is 0 Å². The van der Waals surface area contributed by atoms with Crippen molar-refractivity contribution in [3.63, 3.8) is 0 Å². The van der Waals surface area contributed by atoms with Gasteiger partial charge in [-0.1, -0.05) is 58.5 Å². The quantitative estimate of drug-likeness (QED) is 0.426. The Morgan fingerprint density at radius 1 is 0.903 bits per heavy atom. The van der Waals surface area contributed by atoms with E-state index in [0.717, 1.165) is 0 Å². The summed E-state index contributed by atoms with van der Waals surface area (Å²) < 4.78 is 25.7. The van der Waals surface area contributed by atoms with Crippen LogP contribution in [-0.2, 0) is 14.9 Å². The first kappa shape index (κ1) is 22.6. The van der Waals surface area contributed by atoms with Gasteiger partial charge in [-0.05, 0) is 30.3 Å². The summed E-state index contributed by atoms with van der Waals surface area (Å²) in [6.45, 7) is 0. The molecule has 31 heavy (non-hydrogen) atoms. The molecular formula is C22H19ClN2O5S. The number of nitrogens with zero attached hydrogens (tertiary/aromatic N) is 1. The standard InChI is InChI=1S/C22H19ClN2O5S/c1-25(30-2)31(28,29)20-14-17(11-12-19(20)23)22(27)24-18-10-6-9-16(13-18)21(26)15-7-4-3-5-8-15/h3-14H,1-2H3,(H,24,27). The van der Waals surface area contributed by atoms with E-state index in [0.29, 0.717) is 21.3 Å². The topological polar surface area (TPSA) is 92.8 Å². The molecule has 0 aliphatic heterocycles. The monoisotopic (exact) mass is 458 g/mol. The van der Waals surface area contributed by atoms with Crippen LogP contribution >= 0.6 is 11.6 Å². The van der Waals surface area contributed by atoms with Crippen LogP contribution in [0.15, 0.2) is 77.7 Å². The number of nitrogens with one attached hydrogen (secondary N) is 1. The number of carbonyl (C=O) groups is 2. The normalized spacial score (nSPS) is 11.4. The molecule has 1 amide bonds. The summed E-state index contributed by atoms with van der Waals surface area (Å²) in [7, 11) is -1.63. The predicted molar refractivity (Wildman–Crippen MR) is 118 cm³/mol. The molecule has 0 fully saturated rings. The summed E-state index contributed by atoms with van der Waals surface area (Å²) in [6.07, 6.45) is 0. The fourth-order valence-electron chi connectivity index (χ4n) is 2.78. The Morgan fingerprint density at radius 2 is 1.58 bits per heavy atom. The Labute approximate surface area is 185 Å². The molecule has 0 aromatic heterocycles. The van der Waals surface area contributed by atoms with Gasteiger partial charge in [0.1, 0.15) is 4.90 Å². The zero-order valence-electron chi connectivity index (χ0n) is 16.7. The van der Waals surface area contributed by atoms with Crippen molar-refractivity contribution in [1.82, 2.24) is 4.47 Å². The van der Waals surface area contributed by atoms with E-state index in [1.807, 2.05) is 6.07 Å². The second-order valence-electron chi connectivity index (χ2n) is 6.47. The fraction of sp³-hybridized carbons (Fsp3) is 0.0909. The lowest BCUT2D eigenvalue weighted by molar-refractivity contribution is -0.0258. The lowest BCUT2D eigenvalue weighted by atomic mass is 10.0. The van der Waals surface area contributed by atoms with E-state index in [9.17, 15) is 18.0 Å². The molecule has 0 radical (unpaired) electrons. The molecule has 3 rings (SSSR count). The molecule has 3 aromatic carbocycles. The third kappa shape index (κ3) is 5.00. The number of anilines is 1. The number of halogens is 1. The number of sulfonamides is 1. The zero-order chi connectivity index (χ0) is 22.6. The molecule has 0 bridgehead atoms. The molecule has 0 aliphatic rings. The molecule has 160 valence electrons. The molecular weight excluding hydrogens is 440 g/mol. The number of hydrogen-bond donors (Lipinski definition) is 1. The van der Waals surface area contributed by atoms with Gasteiger partial charge in [0.2, 0.25) is 0 Å². The number of hydrogen-bond acceptors (Lipinski definition) is 5. The first-order valence-electron chi connectivity index (χ1n) is 9.08. The van der Waals surface area contributed by atoms with Crippen molar-refractivity contribution >= 4 is 39.0 Å². The Hall–Kier alpha value is -3.04. The Bertz CT molecular complexity index is 1230. The summed E-state index contributed by atoms with van der Waals surface area (Å²) in [5, 5.41) is 2.63. The van der Waals surface area contributed by atoms with Crippen LogP contribution in [0.25, 0.3) is 0 Å². The first-order chi connectivity index (χ1) is 14.7. The maximum atomic E-state index is 12.7. The minimum atomic E-state index is -4.04. The number of hydroxylamine groups is 1. The summed E-state index contributed by atoms with van der Waals surface area (Å²) >= 11 is 6.03. The lowest BCUT2D eigenvalue weighted by Crippen LogP contribution is -2.26. The van der Waals surface area contributed by atoms with Crippen LogP contribution < -0.4 is 5.32 Å². The van der Waals surface area contributed by atoms with Gasteiger partial charge in [0, 0.05) is 29.4 Å². The van der Waals surface area contributed by atoms with Crippen LogP contribution in [0.3, 0.4) is 0 Å². The van der Waals surface area contributed by atoms with Gasteiger partial charge in [-0.25, -0.2) is 8.42 Å². The summed E-state index contributed by atoms with van der Waals surface area (Å²) in [4.78, 5) is 29.8. The molecule has 0 spiro atoms. The molecule has 0 aliphatic carbocycles. The number of carbonyl (C=O) groups excluding carboxylic acids is 2. The number of amides is 1. The van der Waals surface area contributed by atoms with Gasteiger partial charge < -0.3 is 5.32 Å². The van der Waals surface area contributed by atoms with Gasteiger partial charge >= 0.3 is 0 Å². The largest absolute Gasteiger partial charge is 0.322 e. The van der Waals surface area contributed by atoms with Crippen LogP contribution in [0.2, 0.25) is 5.02 Å². The van der Waals surface area contributed by atoms with E-state index in [2.05, 4.69) is 5.32 Å². The van der Waals surface area contributed by atoms with E-state index >= 15 is 0 Å². The van der Waals surface area contributed by atoms with Crippen molar-refractivity contribution in [2.75, 3.05) is 19.5 Å². The average Bonchev–Trinajstić information content (AvgIpc) is 2.78. The Morgan fingerprint density at radius 3 is 2.26 bits per heavy atom. The molecule has 0 atom stereocenters. The predicted octanol–water partition coefficient (Wildman–Crippen LogP) is 4.01. The minimum absolute atomic E-state index is 0.0455. The Kier molecular flexibility index (Phi) is 6.87. The molecule has 3 aromatic rings. The minimum Gasteiger partial charge on any atom is -0.322 e. The van der Waals surface area contributed by atoms with Crippen molar-refractivity contribution in [3.8, 4) is 0 Å².